The number of halogens is 2. The van der Waals surface area contributed by atoms with Gasteiger partial charge in [-0.25, -0.2) is 9.07 Å². The summed E-state index contributed by atoms with van der Waals surface area (Å²) in [6.07, 6.45) is 1.64. The van der Waals surface area contributed by atoms with E-state index in [0.29, 0.717) is 23.5 Å². The van der Waals surface area contributed by atoms with Crippen LogP contribution in [0.5, 0.6) is 0 Å². The van der Waals surface area contributed by atoms with Crippen LogP contribution in [0.2, 0.25) is 5.02 Å². The van der Waals surface area contributed by atoms with Crippen LogP contribution in [0, 0.1) is 5.82 Å². The maximum Gasteiger partial charge on any atom is 0.280 e. The summed E-state index contributed by atoms with van der Waals surface area (Å²) in [5, 5.41) is 3.89. The number of aryl methyl sites for hydroxylation is 1. The van der Waals surface area contributed by atoms with E-state index in [2.05, 4.69) is 17.0 Å². The molecule has 3 aromatic rings. The van der Waals surface area contributed by atoms with E-state index >= 15 is 0 Å². The van der Waals surface area contributed by atoms with Crippen molar-refractivity contribution in [2.45, 2.75) is 31.6 Å². The Balaban J connectivity index is 1.78. The van der Waals surface area contributed by atoms with Crippen LogP contribution in [0.1, 0.15) is 31.5 Å². The average Bonchev–Trinajstić information content (AvgIpc) is 3.03. The number of nitrogens with zero attached hydrogens (tertiary/aromatic N) is 2. The number of rotatable bonds is 8. The summed E-state index contributed by atoms with van der Waals surface area (Å²) in [5.41, 5.74) is 2.62. The van der Waals surface area contributed by atoms with Gasteiger partial charge in [0.25, 0.3) is 5.56 Å². The number of aromatic nitrogens is 2. The van der Waals surface area contributed by atoms with Gasteiger partial charge in [-0.1, -0.05) is 24.9 Å². The molecule has 29 heavy (non-hydrogen) atoms. The summed E-state index contributed by atoms with van der Waals surface area (Å²) in [6.45, 7) is 4.53. The SMILES string of the molecule is CCCc1[nH]n(-c2ccc(F)cc2)c(=O)c1C(C)=NCCSc1ccc(Cl)cc1. The topological polar surface area (TPSA) is 50.1 Å². The first-order valence-electron chi connectivity index (χ1n) is 9.49. The second-order valence-corrected chi connectivity index (χ2v) is 8.21. The van der Waals surface area contributed by atoms with Crippen LogP contribution in [-0.2, 0) is 6.42 Å². The van der Waals surface area contributed by atoms with Gasteiger partial charge in [0, 0.05) is 33.6 Å². The van der Waals surface area contributed by atoms with Gasteiger partial charge in [-0.2, -0.15) is 0 Å². The molecule has 1 N–H and O–H groups in total. The largest absolute Gasteiger partial charge is 0.294 e. The highest BCUT2D eigenvalue weighted by Gasteiger charge is 2.17. The highest BCUT2D eigenvalue weighted by molar-refractivity contribution is 7.99. The molecule has 2 aromatic carbocycles. The number of benzene rings is 2. The monoisotopic (exact) mass is 431 g/mol. The molecule has 0 spiro atoms. The zero-order valence-corrected chi connectivity index (χ0v) is 18.0. The molecule has 0 aliphatic rings. The number of hydrogen-bond donors (Lipinski definition) is 1. The Kier molecular flexibility index (Phi) is 7.34. The minimum atomic E-state index is -0.335. The molecule has 0 bridgehead atoms. The van der Waals surface area contributed by atoms with E-state index in [1.54, 1.807) is 23.9 Å². The van der Waals surface area contributed by atoms with Gasteiger partial charge in [0.05, 0.1) is 11.3 Å². The predicted molar refractivity (Wildman–Crippen MR) is 120 cm³/mol. The van der Waals surface area contributed by atoms with Gasteiger partial charge in [0.2, 0.25) is 0 Å². The molecule has 0 saturated heterocycles. The molecule has 152 valence electrons. The van der Waals surface area contributed by atoms with Gasteiger partial charge >= 0.3 is 0 Å². The highest BCUT2D eigenvalue weighted by atomic mass is 35.5. The number of aromatic amines is 1. The van der Waals surface area contributed by atoms with Crippen molar-refractivity contribution in [2.24, 2.45) is 4.99 Å². The first-order valence-corrected chi connectivity index (χ1v) is 10.9. The normalized spacial score (nSPS) is 11.8. The summed E-state index contributed by atoms with van der Waals surface area (Å²) < 4.78 is 14.7. The number of hydrogen-bond acceptors (Lipinski definition) is 3. The standard InChI is InChI=1S/C22H23ClFN3OS/c1-3-4-20-21(22(28)27(26-20)18-9-7-17(24)8-10-18)15(2)25-13-14-29-19-11-5-16(23)6-12-19/h5-12,26H,3-4,13-14H2,1-2H3. The molecule has 0 radical (unpaired) electrons. The Morgan fingerprint density at radius 3 is 2.52 bits per heavy atom. The lowest BCUT2D eigenvalue weighted by Crippen LogP contribution is -2.20. The van der Waals surface area contributed by atoms with E-state index in [0.717, 1.165) is 34.2 Å². The summed E-state index contributed by atoms with van der Waals surface area (Å²) in [7, 11) is 0. The van der Waals surface area contributed by atoms with Crippen LogP contribution in [0.25, 0.3) is 5.69 Å². The molecule has 0 aliphatic heterocycles. The smallest absolute Gasteiger partial charge is 0.280 e. The zero-order valence-electron chi connectivity index (χ0n) is 16.4. The quantitative estimate of drug-likeness (QED) is 0.290. The van der Waals surface area contributed by atoms with Crippen molar-refractivity contribution >= 4 is 29.1 Å². The lowest BCUT2D eigenvalue weighted by atomic mass is 10.1. The number of H-pyrrole nitrogens is 1. The summed E-state index contributed by atoms with van der Waals surface area (Å²) in [6, 6.07) is 13.6. The fourth-order valence-corrected chi connectivity index (χ4v) is 3.92. The first kappa shape index (κ1) is 21.4. The molecular formula is C22H23ClFN3OS. The van der Waals surface area contributed by atoms with Crippen molar-refractivity contribution in [1.82, 2.24) is 9.78 Å². The summed E-state index contributed by atoms with van der Waals surface area (Å²) in [4.78, 5) is 18.8. The third kappa shape index (κ3) is 5.40. The highest BCUT2D eigenvalue weighted by Crippen LogP contribution is 2.20. The van der Waals surface area contributed by atoms with Crippen LogP contribution >= 0.6 is 23.4 Å². The number of thioether (sulfide) groups is 1. The molecule has 0 amide bonds. The number of nitrogens with one attached hydrogen (secondary N) is 1. The molecule has 1 heterocycles. The molecule has 0 aliphatic carbocycles. The van der Waals surface area contributed by atoms with Crippen molar-refractivity contribution in [3.63, 3.8) is 0 Å². The molecule has 0 unspecified atom stereocenters. The maximum absolute atomic E-state index is 13.2. The van der Waals surface area contributed by atoms with Crippen LogP contribution < -0.4 is 5.56 Å². The van der Waals surface area contributed by atoms with Gasteiger partial charge < -0.3 is 0 Å². The molecule has 0 fully saturated rings. The van der Waals surface area contributed by atoms with E-state index in [1.807, 2.05) is 31.2 Å². The minimum absolute atomic E-state index is 0.160. The van der Waals surface area contributed by atoms with Gasteiger partial charge in [-0.3, -0.25) is 14.9 Å². The Morgan fingerprint density at radius 1 is 1.17 bits per heavy atom. The molecule has 7 heteroatoms. The fraction of sp³-hybridized carbons (Fsp3) is 0.273. The third-order valence-corrected chi connectivity index (χ3v) is 5.68. The van der Waals surface area contributed by atoms with Crippen molar-refractivity contribution in [3.8, 4) is 5.69 Å². The van der Waals surface area contributed by atoms with Gasteiger partial charge in [-0.15, -0.1) is 11.8 Å². The van der Waals surface area contributed by atoms with Crippen LogP contribution in [0.15, 0.2) is 63.2 Å². The molecule has 1 aromatic heterocycles. The second-order valence-electron chi connectivity index (χ2n) is 6.60. The van der Waals surface area contributed by atoms with E-state index in [4.69, 9.17) is 11.6 Å². The van der Waals surface area contributed by atoms with E-state index < -0.39 is 0 Å². The van der Waals surface area contributed by atoms with Crippen molar-refractivity contribution in [1.29, 1.82) is 0 Å². The van der Waals surface area contributed by atoms with Gasteiger partial charge in [-0.05, 0) is 61.9 Å². The molecule has 3 rings (SSSR count). The minimum Gasteiger partial charge on any atom is -0.294 e. The van der Waals surface area contributed by atoms with Crippen LogP contribution in [0.3, 0.4) is 0 Å². The van der Waals surface area contributed by atoms with Gasteiger partial charge in [0.1, 0.15) is 5.82 Å². The Labute approximate surface area is 178 Å². The Hall–Kier alpha value is -2.31. The molecule has 0 saturated carbocycles. The predicted octanol–water partition coefficient (Wildman–Crippen LogP) is 5.51. The lowest BCUT2D eigenvalue weighted by Gasteiger charge is -2.02. The maximum atomic E-state index is 13.2. The third-order valence-electron chi connectivity index (χ3n) is 4.43. The Bertz CT molecular complexity index is 1040. The van der Waals surface area contributed by atoms with Crippen molar-refractivity contribution in [3.05, 3.63) is 81.0 Å². The van der Waals surface area contributed by atoms with Crippen LogP contribution in [-0.4, -0.2) is 27.8 Å². The lowest BCUT2D eigenvalue weighted by molar-refractivity contribution is 0.626. The van der Waals surface area contributed by atoms with E-state index in [9.17, 15) is 9.18 Å². The zero-order chi connectivity index (χ0) is 20.8. The molecular weight excluding hydrogens is 409 g/mol. The molecule has 4 nitrogen and oxygen atoms in total. The second kappa shape index (κ2) is 9.94. The van der Waals surface area contributed by atoms with Gasteiger partial charge in [0.15, 0.2) is 0 Å². The summed E-state index contributed by atoms with van der Waals surface area (Å²) >= 11 is 7.60. The van der Waals surface area contributed by atoms with Crippen LogP contribution in [0.4, 0.5) is 4.39 Å². The van der Waals surface area contributed by atoms with E-state index in [-0.39, 0.29) is 11.4 Å². The molecule has 0 atom stereocenters. The Morgan fingerprint density at radius 2 is 1.86 bits per heavy atom. The van der Waals surface area contributed by atoms with E-state index in [1.165, 1.54) is 16.8 Å². The number of aliphatic imine (C=N–C) groups is 1. The van der Waals surface area contributed by atoms with Crippen molar-refractivity contribution < 1.29 is 4.39 Å². The summed E-state index contributed by atoms with van der Waals surface area (Å²) in [5.74, 6) is 0.469. The fourth-order valence-electron chi connectivity index (χ4n) is 3.05. The average molecular weight is 432 g/mol. The van der Waals surface area contributed by atoms with Crippen molar-refractivity contribution in [2.75, 3.05) is 12.3 Å². The first-order chi connectivity index (χ1) is 14.0.